The van der Waals surface area contributed by atoms with E-state index in [4.69, 9.17) is 0 Å². The molecule has 0 bridgehead atoms. The van der Waals surface area contributed by atoms with Gasteiger partial charge in [-0.25, -0.2) is 0 Å². The lowest BCUT2D eigenvalue weighted by atomic mass is 10.0. The lowest BCUT2D eigenvalue weighted by Gasteiger charge is -2.07. The zero-order valence-corrected chi connectivity index (χ0v) is 19.4. The Morgan fingerprint density at radius 2 is 1.06 bits per heavy atom. The highest BCUT2D eigenvalue weighted by molar-refractivity contribution is 7.11. The maximum absolute atomic E-state index is 12.1. The zero-order chi connectivity index (χ0) is 22.9. The van der Waals surface area contributed by atoms with E-state index in [2.05, 4.69) is 10.6 Å². The molecule has 33 heavy (non-hydrogen) atoms. The van der Waals surface area contributed by atoms with E-state index >= 15 is 0 Å². The van der Waals surface area contributed by atoms with E-state index in [0.717, 1.165) is 38.7 Å². The monoisotopic (exact) mass is 470 g/mol. The Labute approximate surface area is 200 Å². The van der Waals surface area contributed by atoms with Crippen LogP contribution in [-0.4, -0.2) is 11.8 Å². The minimum Gasteiger partial charge on any atom is -0.323 e. The molecule has 0 aliphatic rings. The van der Waals surface area contributed by atoms with Crippen LogP contribution in [0.4, 0.5) is 11.4 Å². The van der Waals surface area contributed by atoms with Crippen LogP contribution >= 0.6 is 22.7 Å². The van der Waals surface area contributed by atoms with Crippen LogP contribution in [0.25, 0.3) is 12.2 Å². The highest BCUT2D eigenvalue weighted by Gasteiger charge is 2.02. The topological polar surface area (TPSA) is 58.2 Å². The van der Waals surface area contributed by atoms with Gasteiger partial charge in [0, 0.05) is 33.3 Å². The smallest absolute Gasteiger partial charge is 0.248 e. The summed E-state index contributed by atoms with van der Waals surface area (Å²) in [6.07, 6.45) is 7.45. The minimum atomic E-state index is -0.154. The maximum atomic E-state index is 12.1. The molecule has 0 saturated heterocycles. The molecule has 0 saturated carbocycles. The van der Waals surface area contributed by atoms with E-state index in [0.29, 0.717) is 0 Å². The first-order chi connectivity index (χ1) is 16.1. The van der Waals surface area contributed by atoms with Crippen molar-refractivity contribution in [2.24, 2.45) is 0 Å². The number of nitrogens with one attached hydrogen (secondary N) is 2. The molecule has 2 N–H and O–H groups in total. The van der Waals surface area contributed by atoms with E-state index in [-0.39, 0.29) is 11.8 Å². The van der Waals surface area contributed by atoms with Gasteiger partial charge in [-0.15, -0.1) is 22.7 Å². The summed E-state index contributed by atoms with van der Waals surface area (Å²) in [7, 11) is 0. The van der Waals surface area contributed by atoms with Gasteiger partial charge in [0.15, 0.2) is 0 Å². The summed E-state index contributed by atoms with van der Waals surface area (Å²) in [5, 5.41) is 9.70. The molecule has 4 rings (SSSR count). The van der Waals surface area contributed by atoms with Crippen LogP contribution in [0.5, 0.6) is 0 Å². The largest absolute Gasteiger partial charge is 0.323 e. The Morgan fingerprint density at radius 1 is 0.636 bits per heavy atom. The first-order valence-electron chi connectivity index (χ1n) is 10.4. The number of carbonyl (C=O) groups is 2. The van der Waals surface area contributed by atoms with E-state index in [9.17, 15) is 9.59 Å². The SMILES string of the molecule is O=C(C=Cc1cccs1)Nc1ccc(Cc2ccc(NC(=O)C=Cc3cccs3)cc2)cc1. The summed E-state index contributed by atoms with van der Waals surface area (Å²) >= 11 is 3.18. The Morgan fingerprint density at radius 3 is 1.42 bits per heavy atom. The van der Waals surface area contributed by atoms with Crippen LogP contribution in [0, 0.1) is 0 Å². The molecular formula is C27H22N2O2S2. The number of thiophene rings is 2. The molecule has 2 heterocycles. The van der Waals surface area contributed by atoms with Gasteiger partial charge in [0.1, 0.15) is 0 Å². The Kier molecular flexibility index (Phi) is 7.64. The van der Waals surface area contributed by atoms with Crippen LogP contribution in [0.1, 0.15) is 20.9 Å². The van der Waals surface area contributed by atoms with E-state index < -0.39 is 0 Å². The molecule has 2 amide bonds. The van der Waals surface area contributed by atoms with Crippen LogP contribution in [0.15, 0.2) is 95.7 Å². The van der Waals surface area contributed by atoms with Gasteiger partial charge in [-0.1, -0.05) is 36.4 Å². The molecule has 0 radical (unpaired) electrons. The molecule has 0 spiro atoms. The van der Waals surface area contributed by atoms with Crippen molar-refractivity contribution in [2.45, 2.75) is 6.42 Å². The first kappa shape index (κ1) is 22.5. The Hall–Kier alpha value is -3.74. The van der Waals surface area contributed by atoms with Gasteiger partial charge in [0.2, 0.25) is 11.8 Å². The van der Waals surface area contributed by atoms with Gasteiger partial charge in [-0.2, -0.15) is 0 Å². The molecular weight excluding hydrogens is 448 g/mol. The number of anilines is 2. The number of benzene rings is 2. The Bertz CT molecular complexity index is 1140. The standard InChI is InChI=1S/C27H22N2O2S2/c30-26(15-13-24-3-1-17-32-24)28-22-9-5-20(6-10-22)19-21-7-11-23(12-8-21)29-27(31)16-14-25-4-2-18-33-25/h1-18H,19H2,(H,28,30)(H,29,31). The quantitative estimate of drug-likeness (QED) is 0.281. The van der Waals surface area contributed by atoms with Crippen molar-refractivity contribution in [1.29, 1.82) is 0 Å². The number of hydrogen-bond donors (Lipinski definition) is 2. The van der Waals surface area contributed by atoms with Gasteiger partial charge in [0.25, 0.3) is 0 Å². The molecule has 0 aliphatic carbocycles. The van der Waals surface area contributed by atoms with Crippen molar-refractivity contribution in [3.63, 3.8) is 0 Å². The van der Waals surface area contributed by atoms with Crippen molar-refractivity contribution in [2.75, 3.05) is 10.6 Å². The molecule has 0 aliphatic heterocycles. The summed E-state index contributed by atoms with van der Waals surface area (Å²) < 4.78 is 0. The molecule has 0 fully saturated rings. The van der Waals surface area contributed by atoms with Gasteiger partial charge in [-0.05, 0) is 76.9 Å². The molecule has 4 aromatic rings. The molecule has 6 heteroatoms. The average Bonchev–Trinajstić information content (AvgIpc) is 3.53. The lowest BCUT2D eigenvalue weighted by molar-refractivity contribution is -0.112. The van der Waals surface area contributed by atoms with Crippen LogP contribution in [0.3, 0.4) is 0 Å². The fourth-order valence-electron chi connectivity index (χ4n) is 3.10. The van der Waals surface area contributed by atoms with Crippen molar-refractivity contribution in [1.82, 2.24) is 0 Å². The third-order valence-electron chi connectivity index (χ3n) is 4.74. The number of rotatable bonds is 8. The van der Waals surface area contributed by atoms with Crippen molar-refractivity contribution < 1.29 is 9.59 Å². The summed E-state index contributed by atoms with van der Waals surface area (Å²) in [6, 6.07) is 23.5. The van der Waals surface area contributed by atoms with E-state index in [1.54, 1.807) is 34.8 Å². The predicted octanol–water partition coefficient (Wildman–Crippen LogP) is 6.70. The van der Waals surface area contributed by atoms with Gasteiger partial charge in [-0.3, -0.25) is 9.59 Å². The summed E-state index contributed by atoms with van der Waals surface area (Å²) in [5.41, 5.74) is 3.79. The van der Waals surface area contributed by atoms with Crippen molar-refractivity contribution in [3.8, 4) is 0 Å². The second kappa shape index (κ2) is 11.2. The fraction of sp³-hybridized carbons (Fsp3) is 0.0370. The molecule has 4 nitrogen and oxygen atoms in total. The number of amides is 2. The van der Waals surface area contributed by atoms with Crippen molar-refractivity contribution >= 4 is 58.0 Å². The fourth-order valence-corrected chi connectivity index (χ4v) is 4.34. The molecule has 0 unspecified atom stereocenters. The maximum Gasteiger partial charge on any atom is 0.248 e. The van der Waals surface area contributed by atoms with E-state index in [1.807, 2.05) is 83.6 Å². The first-order valence-corrected chi connectivity index (χ1v) is 12.1. The minimum absolute atomic E-state index is 0.154. The van der Waals surface area contributed by atoms with E-state index in [1.165, 1.54) is 12.2 Å². The van der Waals surface area contributed by atoms with Crippen LogP contribution < -0.4 is 10.6 Å². The lowest BCUT2D eigenvalue weighted by Crippen LogP contribution is -2.07. The molecule has 2 aromatic heterocycles. The molecule has 0 atom stereocenters. The van der Waals surface area contributed by atoms with Crippen molar-refractivity contribution in [3.05, 3.63) is 117 Å². The predicted molar refractivity (Wildman–Crippen MR) is 140 cm³/mol. The van der Waals surface area contributed by atoms with Gasteiger partial charge >= 0.3 is 0 Å². The third kappa shape index (κ3) is 7.14. The van der Waals surface area contributed by atoms with Gasteiger partial charge in [0.05, 0.1) is 0 Å². The highest BCUT2D eigenvalue weighted by atomic mass is 32.1. The highest BCUT2D eigenvalue weighted by Crippen LogP contribution is 2.17. The number of hydrogen-bond acceptors (Lipinski definition) is 4. The second-order valence-corrected chi connectivity index (χ2v) is 9.21. The average molecular weight is 471 g/mol. The summed E-state index contributed by atoms with van der Waals surface area (Å²) in [5.74, 6) is -0.307. The molecule has 164 valence electrons. The zero-order valence-electron chi connectivity index (χ0n) is 17.7. The van der Waals surface area contributed by atoms with Gasteiger partial charge < -0.3 is 10.6 Å². The van der Waals surface area contributed by atoms with Crippen LogP contribution in [0.2, 0.25) is 0 Å². The van der Waals surface area contributed by atoms with Crippen LogP contribution in [-0.2, 0) is 16.0 Å². The Balaban J connectivity index is 1.27. The molecule has 2 aromatic carbocycles. The summed E-state index contributed by atoms with van der Waals surface area (Å²) in [6.45, 7) is 0. The third-order valence-corrected chi connectivity index (χ3v) is 6.41. The normalized spacial score (nSPS) is 11.2. The number of carbonyl (C=O) groups excluding carboxylic acids is 2. The second-order valence-electron chi connectivity index (χ2n) is 7.25. The summed E-state index contributed by atoms with van der Waals surface area (Å²) in [4.78, 5) is 26.2.